The van der Waals surface area contributed by atoms with Crippen molar-refractivity contribution in [1.82, 2.24) is 0 Å². The van der Waals surface area contributed by atoms with Gasteiger partial charge in [-0.1, -0.05) is 12.1 Å². The van der Waals surface area contributed by atoms with Crippen molar-refractivity contribution < 1.29 is 28.5 Å². The second kappa shape index (κ2) is 8.78. The average Bonchev–Trinajstić information content (AvgIpc) is 2.66. The van der Waals surface area contributed by atoms with Gasteiger partial charge in [0.15, 0.2) is 0 Å². The Bertz CT molecular complexity index is 1250. The Kier molecular flexibility index (Phi) is 6.32. The SMILES string of the molecule is N[C@@H](Cc1ccc([N+](=O)[O-])cc1)C(=O)Nc1ccc2c(CP(=O)(O)O)cc(=O)oc2c1. The number of nitro benzene ring substituents is 1. The predicted molar refractivity (Wildman–Crippen MR) is 112 cm³/mol. The van der Waals surface area contributed by atoms with Crippen LogP contribution in [-0.4, -0.2) is 26.7 Å². The maximum atomic E-state index is 12.4. The number of rotatable bonds is 7. The maximum Gasteiger partial charge on any atom is 0.336 e. The van der Waals surface area contributed by atoms with Crippen LogP contribution < -0.4 is 16.7 Å². The summed E-state index contributed by atoms with van der Waals surface area (Å²) in [5, 5.41) is 13.6. The highest BCUT2D eigenvalue weighted by molar-refractivity contribution is 7.50. The Morgan fingerprint density at radius 2 is 1.87 bits per heavy atom. The van der Waals surface area contributed by atoms with Gasteiger partial charge in [0.2, 0.25) is 5.91 Å². The second-order valence-electron chi connectivity index (χ2n) is 6.85. The van der Waals surface area contributed by atoms with Gasteiger partial charge in [0.05, 0.1) is 17.1 Å². The Balaban J connectivity index is 1.76. The van der Waals surface area contributed by atoms with Crippen LogP contribution in [0.2, 0.25) is 0 Å². The fraction of sp³-hybridized carbons (Fsp3) is 0.158. The lowest BCUT2D eigenvalue weighted by atomic mass is 10.1. The third-order valence-corrected chi connectivity index (χ3v) is 5.17. The average molecular weight is 447 g/mol. The summed E-state index contributed by atoms with van der Waals surface area (Å²) in [6.07, 6.45) is -0.486. The van der Waals surface area contributed by atoms with Crippen LogP contribution in [0.15, 0.2) is 57.7 Å². The molecular formula is C19H18N3O8P. The van der Waals surface area contributed by atoms with E-state index in [-0.39, 0.29) is 28.9 Å². The summed E-state index contributed by atoms with van der Waals surface area (Å²) in [5.41, 5.74) is 6.16. The van der Waals surface area contributed by atoms with Crippen LogP contribution in [0, 0.1) is 10.1 Å². The van der Waals surface area contributed by atoms with Crippen LogP contribution in [0.1, 0.15) is 11.1 Å². The van der Waals surface area contributed by atoms with Gasteiger partial charge < -0.3 is 25.3 Å². The molecule has 0 saturated heterocycles. The first-order chi connectivity index (χ1) is 14.5. The van der Waals surface area contributed by atoms with Crippen LogP contribution in [-0.2, 0) is 21.9 Å². The molecule has 1 amide bonds. The van der Waals surface area contributed by atoms with E-state index < -0.39 is 36.3 Å². The largest absolute Gasteiger partial charge is 0.423 e. The number of hydrogen-bond acceptors (Lipinski definition) is 7. The van der Waals surface area contributed by atoms with Crippen molar-refractivity contribution in [1.29, 1.82) is 0 Å². The molecule has 11 nitrogen and oxygen atoms in total. The Morgan fingerprint density at radius 3 is 2.48 bits per heavy atom. The van der Waals surface area contributed by atoms with E-state index in [9.17, 15) is 34.1 Å². The molecule has 0 bridgehead atoms. The molecule has 0 fully saturated rings. The Morgan fingerprint density at radius 1 is 1.19 bits per heavy atom. The summed E-state index contributed by atoms with van der Waals surface area (Å²) in [4.78, 5) is 52.7. The van der Waals surface area contributed by atoms with Gasteiger partial charge in [0, 0.05) is 35.3 Å². The van der Waals surface area contributed by atoms with Crippen molar-refractivity contribution in [2.75, 3.05) is 5.32 Å². The van der Waals surface area contributed by atoms with Gasteiger partial charge in [-0.05, 0) is 29.7 Å². The Labute approximate surface area is 174 Å². The van der Waals surface area contributed by atoms with Gasteiger partial charge in [0.1, 0.15) is 5.58 Å². The number of carbonyl (C=O) groups is 1. The van der Waals surface area contributed by atoms with Gasteiger partial charge in [-0.25, -0.2) is 4.79 Å². The molecule has 2 aromatic carbocycles. The lowest BCUT2D eigenvalue weighted by Crippen LogP contribution is -2.37. The number of nitrogens with two attached hydrogens (primary N) is 1. The van der Waals surface area contributed by atoms with Crippen LogP contribution in [0.25, 0.3) is 11.0 Å². The maximum absolute atomic E-state index is 12.4. The number of anilines is 1. The van der Waals surface area contributed by atoms with E-state index in [1.54, 1.807) is 0 Å². The molecule has 0 unspecified atom stereocenters. The van der Waals surface area contributed by atoms with Crippen molar-refractivity contribution in [2.45, 2.75) is 18.6 Å². The fourth-order valence-corrected chi connectivity index (χ4v) is 3.70. The first-order valence-electron chi connectivity index (χ1n) is 8.93. The topological polar surface area (TPSA) is 186 Å². The molecule has 1 atom stereocenters. The molecule has 0 aliphatic rings. The minimum absolute atomic E-state index is 0.0534. The standard InChI is InChI=1S/C19H18N3O8P/c20-16(7-11-1-4-14(5-2-11)22(25)26)19(24)21-13-3-6-15-12(10-31(27,28)29)8-18(23)30-17(15)9-13/h1-6,8-9,16H,7,10,20H2,(H,21,24)(H2,27,28,29)/t16-/m0/s1. The van der Waals surface area contributed by atoms with Crippen molar-refractivity contribution in [2.24, 2.45) is 5.73 Å². The lowest BCUT2D eigenvalue weighted by Gasteiger charge is -2.13. The van der Waals surface area contributed by atoms with Crippen LogP contribution in [0.4, 0.5) is 11.4 Å². The van der Waals surface area contributed by atoms with Gasteiger partial charge in [-0.2, -0.15) is 0 Å². The predicted octanol–water partition coefficient (Wildman–Crippen LogP) is 1.89. The smallest absolute Gasteiger partial charge is 0.336 e. The quantitative estimate of drug-likeness (QED) is 0.182. The minimum Gasteiger partial charge on any atom is -0.423 e. The molecule has 162 valence electrons. The van der Waals surface area contributed by atoms with Crippen molar-refractivity contribution in [3.8, 4) is 0 Å². The number of nitrogens with one attached hydrogen (secondary N) is 1. The molecule has 31 heavy (non-hydrogen) atoms. The second-order valence-corrected chi connectivity index (χ2v) is 8.49. The molecule has 0 aliphatic carbocycles. The zero-order valence-electron chi connectivity index (χ0n) is 15.9. The van der Waals surface area contributed by atoms with E-state index in [1.165, 1.54) is 42.5 Å². The third kappa shape index (κ3) is 5.83. The minimum atomic E-state index is -4.41. The van der Waals surface area contributed by atoms with E-state index >= 15 is 0 Å². The fourth-order valence-electron chi connectivity index (χ4n) is 3.00. The molecule has 5 N–H and O–H groups in total. The number of hydrogen-bond donors (Lipinski definition) is 4. The van der Waals surface area contributed by atoms with Crippen LogP contribution >= 0.6 is 7.60 Å². The van der Waals surface area contributed by atoms with E-state index in [0.717, 1.165) is 6.07 Å². The molecule has 0 aliphatic heterocycles. The van der Waals surface area contributed by atoms with E-state index in [0.29, 0.717) is 10.9 Å². The number of carbonyl (C=O) groups excluding carboxylic acids is 1. The molecule has 3 rings (SSSR count). The lowest BCUT2D eigenvalue weighted by molar-refractivity contribution is -0.384. The molecule has 0 radical (unpaired) electrons. The van der Waals surface area contributed by atoms with Gasteiger partial charge in [0.25, 0.3) is 5.69 Å². The summed E-state index contributed by atoms with van der Waals surface area (Å²) in [7, 11) is -4.41. The van der Waals surface area contributed by atoms with Crippen molar-refractivity contribution >= 4 is 35.8 Å². The number of non-ortho nitro benzene ring substituents is 1. The molecule has 3 aromatic rings. The van der Waals surface area contributed by atoms with Gasteiger partial charge in [-0.15, -0.1) is 0 Å². The summed E-state index contributed by atoms with van der Waals surface area (Å²) in [6, 6.07) is 10.0. The monoisotopic (exact) mass is 447 g/mol. The van der Waals surface area contributed by atoms with E-state index in [2.05, 4.69) is 5.32 Å². The van der Waals surface area contributed by atoms with Crippen molar-refractivity contribution in [3.05, 3.63) is 80.2 Å². The van der Waals surface area contributed by atoms with Gasteiger partial charge >= 0.3 is 13.2 Å². The summed E-state index contributed by atoms with van der Waals surface area (Å²) in [6.45, 7) is 0. The number of fused-ring (bicyclic) bond motifs is 1. The normalized spacial score (nSPS) is 12.5. The molecule has 0 spiro atoms. The Hall–Kier alpha value is -3.37. The molecule has 1 aromatic heterocycles. The first-order valence-corrected chi connectivity index (χ1v) is 10.7. The number of nitro groups is 1. The van der Waals surface area contributed by atoms with E-state index in [1.807, 2.05) is 0 Å². The summed E-state index contributed by atoms with van der Waals surface area (Å²) >= 11 is 0. The highest BCUT2D eigenvalue weighted by Crippen LogP contribution is 2.40. The van der Waals surface area contributed by atoms with Crippen LogP contribution in [0.3, 0.4) is 0 Å². The molecule has 12 heteroatoms. The zero-order chi connectivity index (χ0) is 22.8. The molecule has 0 saturated carbocycles. The number of nitrogens with zero attached hydrogens (tertiary/aromatic N) is 1. The highest BCUT2D eigenvalue weighted by atomic mass is 31.2. The summed E-state index contributed by atoms with van der Waals surface area (Å²) in [5.74, 6) is -0.536. The first kappa shape index (κ1) is 22.3. The number of amides is 1. The third-order valence-electron chi connectivity index (χ3n) is 4.41. The number of benzene rings is 2. The summed E-state index contributed by atoms with van der Waals surface area (Å²) < 4.78 is 16.4. The van der Waals surface area contributed by atoms with Crippen molar-refractivity contribution in [3.63, 3.8) is 0 Å². The van der Waals surface area contributed by atoms with Crippen LogP contribution in [0.5, 0.6) is 0 Å². The molecular weight excluding hydrogens is 429 g/mol. The molecule has 1 heterocycles. The zero-order valence-corrected chi connectivity index (χ0v) is 16.8. The van der Waals surface area contributed by atoms with Gasteiger partial charge in [-0.3, -0.25) is 19.5 Å². The van der Waals surface area contributed by atoms with E-state index in [4.69, 9.17) is 10.2 Å². The highest BCUT2D eigenvalue weighted by Gasteiger charge is 2.19.